The number of esters is 1. The molecule has 0 radical (unpaired) electrons. The highest BCUT2D eigenvalue weighted by Crippen LogP contribution is 2.41. The molecule has 0 saturated heterocycles. The van der Waals surface area contributed by atoms with Crippen molar-refractivity contribution in [3.05, 3.63) is 0 Å². The summed E-state index contributed by atoms with van der Waals surface area (Å²) < 4.78 is 11.0. The van der Waals surface area contributed by atoms with Crippen molar-refractivity contribution in [3.63, 3.8) is 0 Å². The second-order valence-corrected chi connectivity index (χ2v) is 5.62. The first kappa shape index (κ1) is 13.9. The molecule has 3 heteroatoms. The third kappa shape index (κ3) is 3.71. The molecule has 0 amide bonds. The monoisotopic (exact) mass is 254 g/mol. The van der Waals surface area contributed by atoms with Crippen LogP contribution in [0.5, 0.6) is 0 Å². The summed E-state index contributed by atoms with van der Waals surface area (Å²) in [7, 11) is 0. The fourth-order valence-corrected chi connectivity index (χ4v) is 3.54. The van der Waals surface area contributed by atoms with Gasteiger partial charge in [0.2, 0.25) is 0 Å². The van der Waals surface area contributed by atoms with Gasteiger partial charge in [-0.25, -0.2) is 0 Å². The summed E-state index contributed by atoms with van der Waals surface area (Å²) in [5, 5.41) is 0. The Morgan fingerprint density at radius 2 is 1.83 bits per heavy atom. The Hall–Kier alpha value is -0.570. The van der Waals surface area contributed by atoms with Crippen LogP contribution >= 0.6 is 0 Å². The van der Waals surface area contributed by atoms with Crippen LogP contribution in [0.25, 0.3) is 0 Å². The smallest absolute Gasteiger partial charge is 0.305 e. The zero-order valence-electron chi connectivity index (χ0n) is 11.5. The summed E-state index contributed by atoms with van der Waals surface area (Å²) in [4.78, 5) is 11.0. The number of hydrogen-bond donors (Lipinski definition) is 0. The molecule has 2 saturated carbocycles. The van der Waals surface area contributed by atoms with Crippen LogP contribution in [0.1, 0.15) is 58.3 Å². The molecule has 0 aromatic carbocycles. The number of hydrogen-bond acceptors (Lipinski definition) is 3. The first-order chi connectivity index (χ1) is 8.81. The normalized spacial score (nSPS) is 28.7. The van der Waals surface area contributed by atoms with Gasteiger partial charge in [-0.3, -0.25) is 4.79 Å². The molecule has 2 fully saturated rings. The Bertz CT molecular complexity index is 258. The van der Waals surface area contributed by atoms with E-state index in [1.54, 1.807) is 0 Å². The van der Waals surface area contributed by atoms with Gasteiger partial charge >= 0.3 is 5.97 Å². The molecule has 2 atom stereocenters. The summed E-state index contributed by atoms with van der Waals surface area (Å²) in [6.45, 7) is 2.80. The summed E-state index contributed by atoms with van der Waals surface area (Å²) in [5.41, 5.74) is 0. The first-order valence-electron chi connectivity index (χ1n) is 7.58. The maximum absolute atomic E-state index is 11.0. The zero-order chi connectivity index (χ0) is 12.8. The minimum atomic E-state index is -0.127. The standard InChI is InChI=1S/C15H26O3/c1-2-15(16)18-11-10-17-14-9-5-8-13(14)12-6-3-4-7-12/h12-14H,2-11H2,1H3. The van der Waals surface area contributed by atoms with Gasteiger partial charge in [0.25, 0.3) is 0 Å². The number of carbonyl (C=O) groups excluding carboxylic acids is 1. The summed E-state index contributed by atoms with van der Waals surface area (Å²) >= 11 is 0. The SMILES string of the molecule is CCC(=O)OCCOC1CCCC1C1CCCC1. The molecule has 0 spiro atoms. The van der Waals surface area contributed by atoms with E-state index in [0.29, 0.717) is 25.7 Å². The maximum Gasteiger partial charge on any atom is 0.305 e. The number of rotatable bonds is 6. The van der Waals surface area contributed by atoms with E-state index in [2.05, 4.69) is 0 Å². The fraction of sp³-hybridized carbons (Fsp3) is 0.933. The predicted octanol–water partition coefficient (Wildman–Crippen LogP) is 3.32. The minimum absolute atomic E-state index is 0.127. The van der Waals surface area contributed by atoms with Gasteiger partial charge in [0.1, 0.15) is 6.61 Å². The molecule has 0 bridgehead atoms. The Balaban J connectivity index is 1.66. The third-order valence-corrected chi connectivity index (χ3v) is 4.48. The van der Waals surface area contributed by atoms with Crippen LogP contribution < -0.4 is 0 Å². The quantitative estimate of drug-likeness (QED) is 0.539. The molecule has 0 aliphatic heterocycles. The van der Waals surface area contributed by atoms with E-state index in [0.717, 1.165) is 11.8 Å². The Morgan fingerprint density at radius 3 is 2.56 bits per heavy atom. The molecule has 2 unspecified atom stereocenters. The molecular weight excluding hydrogens is 228 g/mol. The van der Waals surface area contributed by atoms with Crippen molar-refractivity contribution in [1.29, 1.82) is 0 Å². The van der Waals surface area contributed by atoms with Gasteiger partial charge in [-0.1, -0.05) is 39.0 Å². The van der Waals surface area contributed by atoms with Crippen LogP contribution in [0, 0.1) is 11.8 Å². The van der Waals surface area contributed by atoms with E-state index in [9.17, 15) is 4.79 Å². The van der Waals surface area contributed by atoms with Gasteiger partial charge in [0.15, 0.2) is 0 Å². The molecule has 0 N–H and O–H groups in total. The average Bonchev–Trinajstić information content (AvgIpc) is 3.04. The molecule has 0 aromatic rings. The highest BCUT2D eigenvalue weighted by molar-refractivity contribution is 5.68. The van der Waals surface area contributed by atoms with E-state index in [-0.39, 0.29) is 5.97 Å². The molecule has 18 heavy (non-hydrogen) atoms. The van der Waals surface area contributed by atoms with Crippen LogP contribution in [0.4, 0.5) is 0 Å². The van der Waals surface area contributed by atoms with E-state index >= 15 is 0 Å². The topological polar surface area (TPSA) is 35.5 Å². The predicted molar refractivity (Wildman–Crippen MR) is 70.3 cm³/mol. The van der Waals surface area contributed by atoms with Crippen molar-refractivity contribution in [1.82, 2.24) is 0 Å². The first-order valence-corrected chi connectivity index (χ1v) is 7.58. The van der Waals surface area contributed by atoms with E-state index < -0.39 is 0 Å². The molecule has 2 aliphatic rings. The molecule has 0 aromatic heterocycles. The molecule has 3 nitrogen and oxygen atoms in total. The van der Waals surface area contributed by atoms with Crippen molar-refractivity contribution >= 4 is 5.97 Å². The van der Waals surface area contributed by atoms with Gasteiger partial charge in [0, 0.05) is 6.42 Å². The van der Waals surface area contributed by atoms with Crippen molar-refractivity contribution < 1.29 is 14.3 Å². The van der Waals surface area contributed by atoms with Crippen LogP contribution in [0.2, 0.25) is 0 Å². The van der Waals surface area contributed by atoms with Crippen molar-refractivity contribution in [2.45, 2.75) is 64.4 Å². The zero-order valence-corrected chi connectivity index (χ0v) is 11.5. The lowest BCUT2D eigenvalue weighted by molar-refractivity contribution is -0.145. The van der Waals surface area contributed by atoms with Gasteiger partial charge in [-0.2, -0.15) is 0 Å². The highest BCUT2D eigenvalue weighted by Gasteiger charge is 2.35. The van der Waals surface area contributed by atoms with Gasteiger partial charge in [-0.15, -0.1) is 0 Å². The molecule has 2 aliphatic carbocycles. The number of carbonyl (C=O) groups is 1. The van der Waals surface area contributed by atoms with Crippen molar-refractivity contribution in [3.8, 4) is 0 Å². The lowest BCUT2D eigenvalue weighted by atomic mass is 9.88. The summed E-state index contributed by atoms with van der Waals surface area (Å²) in [5.74, 6) is 1.54. The Kier molecular flexibility index (Phi) is 5.48. The van der Waals surface area contributed by atoms with E-state index in [1.807, 2.05) is 6.92 Å². The van der Waals surface area contributed by atoms with Gasteiger partial charge in [0.05, 0.1) is 12.7 Å². The molecule has 2 rings (SSSR count). The van der Waals surface area contributed by atoms with Crippen LogP contribution in [-0.4, -0.2) is 25.3 Å². The second-order valence-electron chi connectivity index (χ2n) is 5.62. The maximum atomic E-state index is 11.0. The molecule has 104 valence electrons. The number of ether oxygens (including phenoxy) is 2. The van der Waals surface area contributed by atoms with E-state index in [1.165, 1.54) is 44.9 Å². The summed E-state index contributed by atoms with van der Waals surface area (Å²) in [6.07, 6.45) is 10.3. The van der Waals surface area contributed by atoms with Gasteiger partial charge < -0.3 is 9.47 Å². The van der Waals surface area contributed by atoms with Crippen LogP contribution in [0.3, 0.4) is 0 Å². The lowest BCUT2D eigenvalue weighted by Crippen LogP contribution is -2.26. The van der Waals surface area contributed by atoms with Gasteiger partial charge in [-0.05, 0) is 24.7 Å². The molecular formula is C15H26O3. The largest absolute Gasteiger partial charge is 0.463 e. The van der Waals surface area contributed by atoms with Crippen molar-refractivity contribution in [2.75, 3.05) is 13.2 Å². The van der Waals surface area contributed by atoms with E-state index in [4.69, 9.17) is 9.47 Å². The van der Waals surface area contributed by atoms with Crippen molar-refractivity contribution in [2.24, 2.45) is 11.8 Å². The molecule has 0 heterocycles. The fourth-order valence-electron chi connectivity index (χ4n) is 3.54. The second kappa shape index (κ2) is 7.13. The lowest BCUT2D eigenvalue weighted by Gasteiger charge is -2.25. The Labute approximate surface area is 110 Å². The Morgan fingerprint density at radius 1 is 1.06 bits per heavy atom. The summed E-state index contributed by atoms with van der Waals surface area (Å²) in [6, 6.07) is 0. The third-order valence-electron chi connectivity index (χ3n) is 4.48. The average molecular weight is 254 g/mol. The minimum Gasteiger partial charge on any atom is -0.463 e. The highest BCUT2D eigenvalue weighted by atomic mass is 16.6. The van der Waals surface area contributed by atoms with Crippen LogP contribution in [-0.2, 0) is 14.3 Å². The van der Waals surface area contributed by atoms with Crippen LogP contribution in [0.15, 0.2) is 0 Å².